The van der Waals surface area contributed by atoms with Crippen LogP contribution >= 0.6 is 0 Å². The molecule has 0 heterocycles. The first-order valence-electron chi connectivity index (χ1n) is 10.4. The maximum Gasteiger partial charge on any atom is 0.416 e. The Labute approximate surface area is 179 Å². The van der Waals surface area contributed by atoms with Crippen molar-refractivity contribution in [2.75, 3.05) is 0 Å². The first-order chi connectivity index (χ1) is 14.3. The molecular formula is C26H26F3S+. The molecule has 0 spiro atoms. The minimum atomic E-state index is -4.35. The summed E-state index contributed by atoms with van der Waals surface area (Å²) in [5, 5.41) is 0. The molecule has 0 aromatic heterocycles. The lowest BCUT2D eigenvalue weighted by atomic mass is 9.98. The van der Waals surface area contributed by atoms with E-state index in [9.17, 15) is 13.2 Å². The molecule has 0 N–H and O–H groups in total. The van der Waals surface area contributed by atoms with E-state index in [0.29, 0.717) is 16.4 Å². The van der Waals surface area contributed by atoms with E-state index in [4.69, 9.17) is 0 Å². The van der Waals surface area contributed by atoms with Crippen LogP contribution in [0.1, 0.15) is 53.9 Å². The summed E-state index contributed by atoms with van der Waals surface area (Å²) in [5.74, 6) is 0.621. The smallest absolute Gasteiger partial charge is 0.166 e. The van der Waals surface area contributed by atoms with Crippen LogP contribution in [0.2, 0.25) is 0 Å². The minimum absolute atomic E-state index is 0.579. The van der Waals surface area contributed by atoms with Gasteiger partial charge in [-0.3, -0.25) is 0 Å². The van der Waals surface area contributed by atoms with Gasteiger partial charge in [-0.15, -0.1) is 0 Å². The van der Waals surface area contributed by atoms with Gasteiger partial charge in [0.2, 0.25) is 0 Å². The third-order valence-corrected chi connectivity index (χ3v) is 8.01. The third kappa shape index (κ3) is 4.59. The maximum absolute atomic E-state index is 13.5. The summed E-state index contributed by atoms with van der Waals surface area (Å²) in [5.41, 5.74) is 2.54. The van der Waals surface area contributed by atoms with Crippen LogP contribution in [0.25, 0.3) is 0 Å². The lowest BCUT2D eigenvalue weighted by Crippen LogP contribution is -2.10. The molecule has 0 aliphatic heterocycles. The van der Waals surface area contributed by atoms with Crippen LogP contribution in [-0.4, -0.2) is 0 Å². The SMILES string of the molecule is Cc1ccc([S+](c2ccc(C3CCCC3)cc2)c2cc(C)cc(C(F)(F)F)c2)cc1. The van der Waals surface area contributed by atoms with Gasteiger partial charge < -0.3 is 0 Å². The number of hydrogen-bond donors (Lipinski definition) is 0. The highest BCUT2D eigenvalue weighted by molar-refractivity contribution is 7.97. The Bertz CT molecular complexity index is 998. The first kappa shape index (κ1) is 21.0. The maximum atomic E-state index is 13.5. The van der Waals surface area contributed by atoms with Crippen molar-refractivity contribution in [1.29, 1.82) is 0 Å². The number of aryl methyl sites for hydroxylation is 2. The molecule has 3 aromatic rings. The predicted octanol–water partition coefficient (Wildman–Crippen LogP) is 8.08. The van der Waals surface area contributed by atoms with Gasteiger partial charge >= 0.3 is 6.18 Å². The van der Waals surface area contributed by atoms with Gasteiger partial charge in [0, 0.05) is 6.07 Å². The van der Waals surface area contributed by atoms with Crippen molar-refractivity contribution in [3.05, 3.63) is 89.0 Å². The molecule has 1 fully saturated rings. The highest BCUT2D eigenvalue weighted by atomic mass is 32.2. The van der Waals surface area contributed by atoms with E-state index in [0.717, 1.165) is 15.4 Å². The summed E-state index contributed by atoms with van der Waals surface area (Å²) in [6.45, 7) is 3.76. The summed E-state index contributed by atoms with van der Waals surface area (Å²) < 4.78 is 40.5. The van der Waals surface area contributed by atoms with Gasteiger partial charge in [-0.2, -0.15) is 13.2 Å². The van der Waals surface area contributed by atoms with Crippen LogP contribution in [-0.2, 0) is 17.1 Å². The molecule has 4 rings (SSSR count). The van der Waals surface area contributed by atoms with Gasteiger partial charge in [0.15, 0.2) is 14.7 Å². The zero-order valence-electron chi connectivity index (χ0n) is 17.3. The Kier molecular flexibility index (Phi) is 5.97. The summed E-state index contributed by atoms with van der Waals surface area (Å²) in [7, 11) is -0.588. The van der Waals surface area contributed by atoms with E-state index in [1.54, 1.807) is 6.92 Å². The third-order valence-electron chi connectivity index (χ3n) is 5.81. The molecule has 0 radical (unpaired) electrons. The second kappa shape index (κ2) is 8.50. The molecule has 0 nitrogen and oxygen atoms in total. The van der Waals surface area contributed by atoms with Crippen molar-refractivity contribution in [1.82, 2.24) is 0 Å². The normalized spacial score (nSPS) is 16.0. The molecule has 1 aliphatic rings. The van der Waals surface area contributed by atoms with Crippen LogP contribution in [0.15, 0.2) is 81.4 Å². The highest BCUT2D eigenvalue weighted by Gasteiger charge is 2.35. The van der Waals surface area contributed by atoms with Crippen molar-refractivity contribution in [2.24, 2.45) is 0 Å². The minimum Gasteiger partial charge on any atom is -0.166 e. The van der Waals surface area contributed by atoms with Crippen LogP contribution < -0.4 is 0 Å². The van der Waals surface area contributed by atoms with E-state index in [1.807, 2.05) is 37.3 Å². The quantitative estimate of drug-likeness (QED) is 0.369. The molecule has 1 unspecified atom stereocenters. The van der Waals surface area contributed by atoms with Gasteiger partial charge in [-0.1, -0.05) is 42.7 Å². The second-order valence-electron chi connectivity index (χ2n) is 8.20. The standard InChI is InChI=1S/C26H26F3S/c1-18-7-11-23(12-8-18)30(25-16-19(2)15-22(17-25)26(27,28)29)24-13-9-21(10-14-24)20-5-3-4-6-20/h7-17,20H,3-6H2,1-2H3/q+1. The highest BCUT2D eigenvalue weighted by Crippen LogP contribution is 2.38. The van der Waals surface area contributed by atoms with Crippen molar-refractivity contribution in [3.8, 4) is 0 Å². The Balaban J connectivity index is 1.79. The molecule has 156 valence electrons. The van der Waals surface area contributed by atoms with E-state index in [1.165, 1.54) is 43.4 Å². The van der Waals surface area contributed by atoms with Crippen molar-refractivity contribution >= 4 is 10.9 Å². The zero-order chi connectivity index (χ0) is 21.3. The zero-order valence-corrected chi connectivity index (χ0v) is 18.1. The van der Waals surface area contributed by atoms with Crippen molar-refractivity contribution < 1.29 is 13.2 Å². The van der Waals surface area contributed by atoms with E-state index < -0.39 is 22.6 Å². The molecule has 1 aliphatic carbocycles. The van der Waals surface area contributed by atoms with Gasteiger partial charge in [0.1, 0.15) is 0 Å². The first-order valence-corrected chi connectivity index (χ1v) is 11.6. The molecule has 4 heteroatoms. The summed E-state index contributed by atoms with van der Waals surface area (Å²) in [6, 6.07) is 21.2. The number of alkyl halides is 3. The van der Waals surface area contributed by atoms with E-state index in [-0.39, 0.29) is 0 Å². The molecule has 30 heavy (non-hydrogen) atoms. The van der Waals surface area contributed by atoms with Crippen molar-refractivity contribution in [2.45, 2.75) is 66.3 Å². The fourth-order valence-corrected chi connectivity index (χ4v) is 6.43. The van der Waals surface area contributed by atoms with Crippen LogP contribution in [0.4, 0.5) is 13.2 Å². The van der Waals surface area contributed by atoms with E-state index >= 15 is 0 Å². The topological polar surface area (TPSA) is 0 Å². The molecule has 1 atom stereocenters. The molecule has 3 aromatic carbocycles. The lowest BCUT2D eigenvalue weighted by Gasteiger charge is -2.14. The number of halogens is 3. The van der Waals surface area contributed by atoms with Crippen molar-refractivity contribution in [3.63, 3.8) is 0 Å². The average Bonchev–Trinajstić information content (AvgIpc) is 3.24. The molecule has 0 saturated heterocycles. The second-order valence-corrected chi connectivity index (χ2v) is 10.2. The molecular weight excluding hydrogens is 401 g/mol. The average molecular weight is 428 g/mol. The Hall–Kier alpha value is -2.20. The Morgan fingerprint density at radius 2 is 1.27 bits per heavy atom. The van der Waals surface area contributed by atoms with Crippen LogP contribution in [0, 0.1) is 13.8 Å². The number of rotatable bonds is 4. The van der Waals surface area contributed by atoms with Gasteiger partial charge in [-0.05, 0) is 80.1 Å². The van der Waals surface area contributed by atoms with E-state index in [2.05, 4.69) is 24.3 Å². The molecule has 0 amide bonds. The van der Waals surface area contributed by atoms with Crippen LogP contribution in [0.3, 0.4) is 0 Å². The summed E-state index contributed by atoms with van der Waals surface area (Å²) in [6.07, 6.45) is 0.675. The fraction of sp³-hybridized carbons (Fsp3) is 0.308. The molecule has 1 saturated carbocycles. The monoisotopic (exact) mass is 427 g/mol. The number of hydrogen-bond acceptors (Lipinski definition) is 0. The molecule has 0 bridgehead atoms. The number of benzene rings is 3. The van der Waals surface area contributed by atoms with Gasteiger partial charge in [0.25, 0.3) is 0 Å². The van der Waals surface area contributed by atoms with Gasteiger partial charge in [-0.25, -0.2) is 0 Å². The Morgan fingerprint density at radius 3 is 1.83 bits per heavy atom. The van der Waals surface area contributed by atoms with Gasteiger partial charge in [0.05, 0.1) is 16.5 Å². The lowest BCUT2D eigenvalue weighted by molar-refractivity contribution is -0.137. The summed E-state index contributed by atoms with van der Waals surface area (Å²) >= 11 is 0. The van der Waals surface area contributed by atoms with Crippen LogP contribution in [0.5, 0.6) is 0 Å². The largest absolute Gasteiger partial charge is 0.416 e. The Morgan fingerprint density at radius 1 is 0.700 bits per heavy atom. The summed E-state index contributed by atoms with van der Waals surface area (Å²) in [4.78, 5) is 2.80. The fourth-order valence-electron chi connectivity index (χ4n) is 4.25. The predicted molar refractivity (Wildman–Crippen MR) is 117 cm³/mol.